The Balaban J connectivity index is 1.50. The Morgan fingerprint density at radius 1 is 1.16 bits per heavy atom. The Hall–Kier alpha value is -2.60. The van der Waals surface area contributed by atoms with Gasteiger partial charge in [-0.3, -0.25) is 9.36 Å². The second-order valence-corrected chi connectivity index (χ2v) is 7.00. The summed E-state index contributed by atoms with van der Waals surface area (Å²) in [6.07, 6.45) is 2.59. The molecule has 5 nitrogen and oxygen atoms in total. The number of aromatic nitrogens is 3. The molecule has 0 spiro atoms. The van der Waals surface area contributed by atoms with E-state index in [9.17, 15) is 4.79 Å². The largest absolute Gasteiger partial charge is 0.308 e. The van der Waals surface area contributed by atoms with E-state index < -0.39 is 0 Å². The maximum Gasteiger partial charge on any atom is 0.237 e. The number of fused-ring (bicyclic) bond motifs is 1. The van der Waals surface area contributed by atoms with Crippen LogP contribution in [0.2, 0.25) is 0 Å². The van der Waals surface area contributed by atoms with E-state index in [1.807, 2.05) is 58.0 Å². The van der Waals surface area contributed by atoms with Crippen LogP contribution in [0.4, 0.5) is 5.69 Å². The van der Waals surface area contributed by atoms with Gasteiger partial charge < -0.3 is 4.90 Å². The van der Waals surface area contributed by atoms with Crippen molar-refractivity contribution < 1.29 is 4.79 Å². The van der Waals surface area contributed by atoms with Crippen LogP contribution < -0.4 is 4.90 Å². The van der Waals surface area contributed by atoms with Gasteiger partial charge in [-0.2, -0.15) is 0 Å². The van der Waals surface area contributed by atoms with Crippen LogP contribution in [0.5, 0.6) is 0 Å². The van der Waals surface area contributed by atoms with Gasteiger partial charge in [0.25, 0.3) is 0 Å². The molecule has 1 aromatic heterocycles. The van der Waals surface area contributed by atoms with Crippen molar-refractivity contribution in [3.05, 3.63) is 66.5 Å². The predicted octanol–water partition coefficient (Wildman–Crippen LogP) is 3.34. The molecule has 0 radical (unpaired) electrons. The highest BCUT2D eigenvalue weighted by atomic mass is 32.2. The lowest BCUT2D eigenvalue weighted by Crippen LogP contribution is -2.37. The second-order valence-electron chi connectivity index (χ2n) is 6.05. The molecule has 1 amide bonds. The first-order chi connectivity index (χ1) is 12.2. The summed E-state index contributed by atoms with van der Waals surface area (Å²) in [6, 6.07) is 18.2. The average Bonchev–Trinajstić information content (AvgIpc) is 3.23. The number of carbonyl (C=O) groups is 1. The van der Waals surface area contributed by atoms with Gasteiger partial charge in [-0.1, -0.05) is 48.2 Å². The third-order valence-electron chi connectivity index (χ3n) is 4.35. The van der Waals surface area contributed by atoms with Crippen LogP contribution in [-0.4, -0.2) is 32.5 Å². The molecule has 126 valence electrons. The highest BCUT2D eigenvalue weighted by Gasteiger charge is 2.30. The van der Waals surface area contributed by atoms with Crippen molar-refractivity contribution in [2.75, 3.05) is 10.7 Å². The Labute approximate surface area is 150 Å². The van der Waals surface area contributed by atoms with Crippen LogP contribution in [0.25, 0.3) is 5.69 Å². The number of hydrogen-bond acceptors (Lipinski definition) is 4. The first kappa shape index (κ1) is 15.9. The Kier molecular flexibility index (Phi) is 4.28. The van der Waals surface area contributed by atoms with Gasteiger partial charge in [0.15, 0.2) is 5.16 Å². The standard InChI is InChI=1S/C19H18N4OS/c1-14-11-15-7-5-6-10-17(15)23(14)18(24)12-25-19-21-20-13-22(19)16-8-3-2-4-9-16/h2-10,13-14H,11-12H2,1H3. The molecule has 2 aromatic carbocycles. The van der Waals surface area contributed by atoms with Crippen LogP contribution in [0.3, 0.4) is 0 Å². The third-order valence-corrected chi connectivity index (χ3v) is 5.28. The fraction of sp³-hybridized carbons (Fsp3) is 0.211. The van der Waals surface area contributed by atoms with Crippen molar-refractivity contribution in [2.45, 2.75) is 24.5 Å². The molecule has 1 aliphatic rings. The number of nitrogens with zero attached hydrogens (tertiary/aromatic N) is 4. The third kappa shape index (κ3) is 3.05. The predicted molar refractivity (Wildman–Crippen MR) is 99.2 cm³/mol. The number of benzene rings is 2. The zero-order chi connectivity index (χ0) is 17.2. The van der Waals surface area contributed by atoms with Crippen LogP contribution in [-0.2, 0) is 11.2 Å². The average molecular weight is 350 g/mol. The lowest BCUT2D eigenvalue weighted by molar-refractivity contribution is -0.116. The molecule has 0 fully saturated rings. The highest BCUT2D eigenvalue weighted by Crippen LogP contribution is 2.32. The molecule has 0 saturated heterocycles. The molecule has 0 N–H and O–H groups in total. The highest BCUT2D eigenvalue weighted by molar-refractivity contribution is 7.99. The monoisotopic (exact) mass is 350 g/mol. The summed E-state index contributed by atoms with van der Waals surface area (Å²) >= 11 is 1.42. The van der Waals surface area contributed by atoms with Gasteiger partial charge in [0.2, 0.25) is 5.91 Å². The smallest absolute Gasteiger partial charge is 0.237 e. The molecular weight excluding hydrogens is 332 g/mol. The van der Waals surface area contributed by atoms with Gasteiger partial charge in [-0.25, -0.2) is 0 Å². The van der Waals surface area contributed by atoms with Gasteiger partial charge >= 0.3 is 0 Å². The number of rotatable bonds is 4. The van der Waals surface area contributed by atoms with Gasteiger partial charge in [0.1, 0.15) is 6.33 Å². The van der Waals surface area contributed by atoms with Gasteiger partial charge in [0.05, 0.1) is 5.75 Å². The molecule has 0 saturated carbocycles. The lowest BCUT2D eigenvalue weighted by atomic mass is 10.1. The number of amides is 1. The van der Waals surface area contributed by atoms with E-state index in [1.54, 1.807) is 6.33 Å². The van der Waals surface area contributed by atoms with E-state index >= 15 is 0 Å². The van der Waals surface area contributed by atoms with E-state index in [0.29, 0.717) is 5.75 Å². The minimum Gasteiger partial charge on any atom is -0.308 e. The zero-order valence-electron chi connectivity index (χ0n) is 13.9. The van der Waals surface area contributed by atoms with Crippen molar-refractivity contribution in [3.8, 4) is 5.69 Å². The zero-order valence-corrected chi connectivity index (χ0v) is 14.7. The molecule has 1 unspecified atom stereocenters. The summed E-state index contributed by atoms with van der Waals surface area (Å²) < 4.78 is 1.90. The van der Waals surface area contributed by atoms with Crippen molar-refractivity contribution in [1.29, 1.82) is 0 Å². The molecule has 0 aliphatic carbocycles. The number of thioether (sulfide) groups is 1. The van der Waals surface area contributed by atoms with Gasteiger partial charge in [-0.15, -0.1) is 10.2 Å². The molecule has 6 heteroatoms. The molecule has 1 aliphatic heterocycles. The first-order valence-corrected chi connectivity index (χ1v) is 9.21. The summed E-state index contributed by atoms with van der Waals surface area (Å²) in [6.45, 7) is 2.09. The summed E-state index contributed by atoms with van der Waals surface area (Å²) in [5.41, 5.74) is 3.26. The minimum atomic E-state index is 0.102. The summed E-state index contributed by atoms with van der Waals surface area (Å²) in [5.74, 6) is 0.439. The molecule has 1 atom stereocenters. The van der Waals surface area contributed by atoms with Crippen LogP contribution in [0.15, 0.2) is 66.1 Å². The molecule has 3 aromatic rings. The van der Waals surface area contributed by atoms with E-state index in [0.717, 1.165) is 23.0 Å². The number of carbonyl (C=O) groups excluding carboxylic acids is 1. The van der Waals surface area contributed by atoms with Crippen molar-refractivity contribution in [1.82, 2.24) is 14.8 Å². The maximum absolute atomic E-state index is 12.8. The Bertz CT molecular complexity index is 893. The van der Waals surface area contributed by atoms with Crippen molar-refractivity contribution in [3.63, 3.8) is 0 Å². The van der Waals surface area contributed by atoms with Crippen LogP contribution >= 0.6 is 11.8 Å². The molecule has 0 bridgehead atoms. The van der Waals surface area contributed by atoms with Crippen molar-refractivity contribution in [2.24, 2.45) is 0 Å². The van der Waals surface area contributed by atoms with E-state index in [-0.39, 0.29) is 11.9 Å². The first-order valence-electron chi connectivity index (χ1n) is 8.22. The fourth-order valence-electron chi connectivity index (χ4n) is 3.23. The molecule has 25 heavy (non-hydrogen) atoms. The number of para-hydroxylation sites is 2. The summed E-state index contributed by atoms with van der Waals surface area (Å²) in [7, 11) is 0. The van der Waals surface area contributed by atoms with Crippen LogP contribution in [0.1, 0.15) is 12.5 Å². The Morgan fingerprint density at radius 3 is 2.76 bits per heavy atom. The minimum absolute atomic E-state index is 0.102. The quantitative estimate of drug-likeness (QED) is 0.677. The molecular formula is C19H18N4OS. The van der Waals surface area contributed by atoms with Gasteiger partial charge in [0, 0.05) is 17.4 Å². The van der Waals surface area contributed by atoms with E-state index in [1.165, 1.54) is 17.3 Å². The summed E-state index contributed by atoms with van der Waals surface area (Å²) in [5, 5.41) is 8.87. The Morgan fingerprint density at radius 2 is 1.92 bits per heavy atom. The van der Waals surface area contributed by atoms with E-state index in [4.69, 9.17) is 0 Å². The number of hydrogen-bond donors (Lipinski definition) is 0. The number of anilines is 1. The lowest BCUT2D eigenvalue weighted by Gasteiger charge is -2.22. The molecule has 2 heterocycles. The molecule has 4 rings (SSSR count). The van der Waals surface area contributed by atoms with Crippen molar-refractivity contribution >= 4 is 23.4 Å². The normalized spacial score (nSPS) is 16.0. The summed E-state index contributed by atoms with van der Waals surface area (Å²) in [4.78, 5) is 14.7. The fourth-order valence-corrected chi connectivity index (χ4v) is 4.02. The van der Waals surface area contributed by atoms with Gasteiger partial charge in [-0.05, 0) is 37.1 Å². The topological polar surface area (TPSA) is 51.0 Å². The van der Waals surface area contributed by atoms with Crippen LogP contribution in [0, 0.1) is 0 Å². The van der Waals surface area contributed by atoms with E-state index in [2.05, 4.69) is 23.2 Å². The SMILES string of the molecule is CC1Cc2ccccc2N1C(=O)CSc1nncn1-c1ccccc1. The maximum atomic E-state index is 12.8. The second kappa shape index (κ2) is 6.72.